The van der Waals surface area contributed by atoms with Crippen molar-refractivity contribution in [3.8, 4) is 0 Å². The van der Waals surface area contributed by atoms with Crippen molar-refractivity contribution in [1.82, 2.24) is 10.2 Å². The first-order chi connectivity index (χ1) is 9.72. The Kier molecular flexibility index (Phi) is 3.44. The quantitative estimate of drug-likeness (QED) is 0.864. The Morgan fingerprint density at radius 3 is 2.70 bits per heavy atom. The predicted octanol–water partition coefficient (Wildman–Crippen LogP) is 2.25. The highest BCUT2D eigenvalue weighted by Crippen LogP contribution is 2.44. The molecule has 1 saturated heterocycles. The second-order valence-corrected chi connectivity index (χ2v) is 5.34. The molecular formula is C15H19N3O2. The lowest BCUT2D eigenvalue weighted by atomic mass is 9.96. The number of hydrogen-bond acceptors (Lipinski definition) is 3. The summed E-state index contributed by atoms with van der Waals surface area (Å²) in [6, 6.07) is 7.66. The highest BCUT2D eigenvalue weighted by atomic mass is 16.5. The van der Waals surface area contributed by atoms with Gasteiger partial charge in [-0.15, -0.1) is 0 Å². The largest absolute Gasteiger partial charge is 0.383 e. The van der Waals surface area contributed by atoms with Gasteiger partial charge in [-0.3, -0.25) is 10.7 Å². The van der Waals surface area contributed by atoms with Gasteiger partial charge in [-0.1, -0.05) is 24.3 Å². The molecule has 0 bridgehead atoms. The van der Waals surface area contributed by atoms with Gasteiger partial charge in [0.15, 0.2) is 0 Å². The Bertz CT molecular complexity index is 540. The zero-order chi connectivity index (χ0) is 14.1. The van der Waals surface area contributed by atoms with Gasteiger partial charge in [-0.05, 0) is 29.9 Å². The summed E-state index contributed by atoms with van der Waals surface area (Å²) in [4.78, 5) is 13.7. The number of carbonyl (C=O) groups excluding carboxylic acids is 1. The zero-order valence-corrected chi connectivity index (χ0v) is 11.6. The Morgan fingerprint density at radius 1 is 1.35 bits per heavy atom. The van der Waals surface area contributed by atoms with Crippen LogP contribution < -0.4 is 5.32 Å². The van der Waals surface area contributed by atoms with Crippen LogP contribution >= 0.6 is 0 Å². The highest BCUT2D eigenvalue weighted by molar-refractivity contribution is 6.06. The van der Waals surface area contributed by atoms with Crippen LogP contribution in [-0.4, -0.2) is 37.0 Å². The van der Waals surface area contributed by atoms with E-state index in [0.717, 1.165) is 5.56 Å². The van der Waals surface area contributed by atoms with Crippen molar-refractivity contribution in [2.45, 2.75) is 24.8 Å². The van der Waals surface area contributed by atoms with Gasteiger partial charge in [0, 0.05) is 13.7 Å². The standard InChI is InChI=1S/C15H19N3O2/c1-20-9-8-18-13(14(16)17-15(18)19)12-5-3-2-4-11(12)10-6-7-10/h2-5,10,13H,6-9H2,1H3,(H2,16,17,19). The number of ether oxygens (including phenoxy) is 1. The first-order valence-corrected chi connectivity index (χ1v) is 6.96. The maximum absolute atomic E-state index is 12.0. The van der Waals surface area contributed by atoms with Crippen molar-refractivity contribution >= 4 is 11.9 Å². The van der Waals surface area contributed by atoms with Crippen molar-refractivity contribution in [2.75, 3.05) is 20.3 Å². The molecule has 20 heavy (non-hydrogen) atoms. The lowest BCUT2D eigenvalue weighted by Crippen LogP contribution is -2.33. The molecule has 2 amide bonds. The normalized spacial score (nSPS) is 22.2. The van der Waals surface area contributed by atoms with Crippen LogP contribution in [0.15, 0.2) is 24.3 Å². The monoisotopic (exact) mass is 273 g/mol. The van der Waals surface area contributed by atoms with Gasteiger partial charge in [-0.2, -0.15) is 0 Å². The van der Waals surface area contributed by atoms with E-state index in [1.165, 1.54) is 18.4 Å². The molecule has 1 saturated carbocycles. The molecule has 1 aliphatic carbocycles. The second kappa shape index (κ2) is 5.25. The van der Waals surface area contributed by atoms with E-state index in [2.05, 4.69) is 11.4 Å². The van der Waals surface area contributed by atoms with Crippen LogP contribution in [0.25, 0.3) is 0 Å². The van der Waals surface area contributed by atoms with Crippen molar-refractivity contribution in [2.24, 2.45) is 0 Å². The van der Waals surface area contributed by atoms with Crippen molar-refractivity contribution in [3.05, 3.63) is 35.4 Å². The van der Waals surface area contributed by atoms with Gasteiger partial charge in [-0.25, -0.2) is 4.79 Å². The zero-order valence-electron chi connectivity index (χ0n) is 11.6. The third-order valence-corrected chi connectivity index (χ3v) is 3.93. The first-order valence-electron chi connectivity index (χ1n) is 6.96. The van der Waals surface area contributed by atoms with Gasteiger partial charge >= 0.3 is 6.03 Å². The molecule has 0 aromatic heterocycles. The van der Waals surface area contributed by atoms with Crippen LogP contribution in [0.4, 0.5) is 4.79 Å². The van der Waals surface area contributed by atoms with Crippen LogP contribution in [-0.2, 0) is 4.74 Å². The second-order valence-electron chi connectivity index (χ2n) is 5.34. The summed E-state index contributed by atoms with van der Waals surface area (Å²) in [7, 11) is 1.62. The SMILES string of the molecule is COCCN1C(=O)NC(=N)C1c1ccccc1C1CC1. The van der Waals surface area contributed by atoms with Crippen molar-refractivity contribution < 1.29 is 9.53 Å². The van der Waals surface area contributed by atoms with Crippen LogP contribution in [0.2, 0.25) is 0 Å². The number of rotatable bonds is 5. The number of methoxy groups -OCH3 is 1. The summed E-state index contributed by atoms with van der Waals surface area (Å²) in [6.45, 7) is 0.969. The summed E-state index contributed by atoms with van der Waals surface area (Å²) in [5.41, 5.74) is 2.36. The number of amides is 2. The molecule has 106 valence electrons. The fourth-order valence-corrected chi connectivity index (χ4v) is 2.80. The summed E-state index contributed by atoms with van der Waals surface area (Å²) in [5.74, 6) is 0.859. The van der Waals surface area contributed by atoms with E-state index >= 15 is 0 Å². The molecule has 0 spiro atoms. The minimum absolute atomic E-state index is 0.206. The smallest absolute Gasteiger partial charge is 0.323 e. The number of benzene rings is 1. The molecule has 1 aliphatic heterocycles. The molecule has 5 nitrogen and oxygen atoms in total. The Labute approximate surface area is 118 Å². The fraction of sp³-hybridized carbons (Fsp3) is 0.467. The number of nitrogens with zero attached hydrogens (tertiary/aromatic N) is 1. The minimum Gasteiger partial charge on any atom is -0.383 e. The highest BCUT2D eigenvalue weighted by Gasteiger charge is 2.39. The molecule has 1 aromatic carbocycles. The number of urea groups is 1. The molecule has 2 aliphatic rings. The van der Waals surface area contributed by atoms with Crippen molar-refractivity contribution in [3.63, 3.8) is 0 Å². The Balaban J connectivity index is 1.93. The summed E-state index contributed by atoms with van der Waals surface area (Å²) >= 11 is 0. The maximum atomic E-state index is 12.0. The molecule has 1 aromatic rings. The van der Waals surface area contributed by atoms with E-state index in [4.69, 9.17) is 10.1 Å². The predicted molar refractivity (Wildman–Crippen MR) is 76.0 cm³/mol. The Hall–Kier alpha value is -1.88. The molecule has 5 heteroatoms. The van der Waals surface area contributed by atoms with Crippen LogP contribution in [0.3, 0.4) is 0 Å². The molecule has 2 N–H and O–H groups in total. The van der Waals surface area contributed by atoms with Gasteiger partial charge in [0.2, 0.25) is 0 Å². The fourth-order valence-electron chi connectivity index (χ4n) is 2.80. The molecule has 1 heterocycles. The topological polar surface area (TPSA) is 65.4 Å². The van der Waals surface area contributed by atoms with E-state index in [1.807, 2.05) is 18.2 Å². The Morgan fingerprint density at radius 2 is 2.05 bits per heavy atom. The van der Waals surface area contributed by atoms with E-state index in [-0.39, 0.29) is 17.9 Å². The number of amidine groups is 1. The molecule has 2 fully saturated rings. The molecule has 1 unspecified atom stereocenters. The number of nitrogens with one attached hydrogen (secondary N) is 2. The molecule has 1 atom stereocenters. The van der Waals surface area contributed by atoms with Crippen LogP contribution in [0.5, 0.6) is 0 Å². The van der Waals surface area contributed by atoms with Crippen LogP contribution in [0.1, 0.15) is 35.9 Å². The lowest BCUT2D eigenvalue weighted by molar-refractivity contribution is 0.150. The van der Waals surface area contributed by atoms with E-state index in [0.29, 0.717) is 19.1 Å². The average Bonchev–Trinajstić information content (AvgIpc) is 3.23. The summed E-state index contributed by atoms with van der Waals surface area (Å²) < 4.78 is 5.07. The maximum Gasteiger partial charge on any atom is 0.323 e. The lowest BCUT2D eigenvalue weighted by Gasteiger charge is -2.24. The van der Waals surface area contributed by atoms with Crippen molar-refractivity contribution in [1.29, 1.82) is 5.41 Å². The average molecular weight is 273 g/mol. The van der Waals surface area contributed by atoms with E-state index in [9.17, 15) is 4.79 Å². The molecule has 3 rings (SSSR count). The van der Waals surface area contributed by atoms with E-state index in [1.54, 1.807) is 12.0 Å². The van der Waals surface area contributed by atoms with Gasteiger partial charge in [0.1, 0.15) is 11.9 Å². The third kappa shape index (κ3) is 2.29. The molecular weight excluding hydrogens is 254 g/mol. The summed E-state index contributed by atoms with van der Waals surface area (Å²) in [5, 5.41) is 10.7. The van der Waals surface area contributed by atoms with Crippen LogP contribution in [0, 0.1) is 5.41 Å². The molecule has 0 radical (unpaired) electrons. The summed E-state index contributed by atoms with van der Waals surface area (Å²) in [6.07, 6.45) is 2.41. The van der Waals surface area contributed by atoms with Gasteiger partial charge < -0.3 is 9.64 Å². The number of carbonyl (C=O) groups is 1. The van der Waals surface area contributed by atoms with Gasteiger partial charge in [0.25, 0.3) is 0 Å². The first kappa shape index (κ1) is 13.1. The number of hydrogen-bond donors (Lipinski definition) is 2. The van der Waals surface area contributed by atoms with Gasteiger partial charge in [0.05, 0.1) is 6.61 Å². The third-order valence-electron chi connectivity index (χ3n) is 3.93. The minimum atomic E-state index is -0.297. The van der Waals surface area contributed by atoms with E-state index < -0.39 is 0 Å².